The van der Waals surface area contributed by atoms with E-state index in [0.29, 0.717) is 24.2 Å². The first kappa shape index (κ1) is 16.7. The van der Waals surface area contributed by atoms with Crippen LogP contribution in [0.5, 0.6) is 5.75 Å². The summed E-state index contributed by atoms with van der Waals surface area (Å²) < 4.78 is 6.93. The number of hydrogen-bond donors (Lipinski definition) is 0. The van der Waals surface area contributed by atoms with Crippen molar-refractivity contribution in [2.45, 2.75) is 25.8 Å². The molecule has 0 aliphatic rings. The Kier molecular flexibility index (Phi) is 5.92. The molecular weight excluding hydrogens is 288 g/mol. The molecule has 0 N–H and O–H groups in total. The van der Waals surface area contributed by atoms with E-state index in [9.17, 15) is 4.79 Å². The summed E-state index contributed by atoms with van der Waals surface area (Å²) in [4.78, 5) is 12.3. The van der Waals surface area contributed by atoms with Crippen molar-refractivity contribution in [1.29, 1.82) is 0 Å². The number of methoxy groups -OCH3 is 1. The van der Waals surface area contributed by atoms with Crippen molar-refractivity contribution in [3.8, 4) is 5.75 Å². The number of rotatable bonds is 9. The number of unbranched alkanes of at least 4 members (excludes halogenated alkanes) is 1. The van der Waals surface area contributed by atoms with Gasteiger partial charge in [-0.1, -0.05) is 24.8 Å². The van der Waals surface area contributed by atoms with Crippen LogP contribution in [0.3, 0.4) is 0 Å². The zero-order valence-corrected chi connectivity index (χ0v) is 13.5. The van der Waals surface area contributed by atoms with Gasteiger partial charge in [-0.2, -0.15) is 5.10 Å². The number of allylic oxidation sites excluding steroid dienone is 1. The molecule has 0 amide bonds. The average molecular weight is 310 g/mol. The number of ether oxygens (including phenoxy) is 1. The van der Waals surface area contributed by atoms with Crippen molar-refractivity contribution in [2.24, 2.45) is 0 Å². The largest absolute Gasteiger partial charge is 0.497 e. The van der Waals surface area contributed by atoms with Crippen molar-refractivity contribution >= 4 is 11.9 Å². The number of nitrogens with zero attached hydrogens (tertiary/aromatic N) is 2. The van der Waals surface area contributed by atoms with Gasteiger partial charge in [0.2, 0.25) is 0 Å². The molecule has 0 aliphatic heterocycles. The first-order valence-electron chi connectivity index (χ1n) is 7.65. The van der Waals surface area contributed by atoms with Crippen LogP contribution in [0.2, 0.25) is 0 Å². The smallest absolute Gasteiger partial charge is 0.166 e. The van der Waals surface area contributed by atoms with E-state index >= 15 is 0 Å². The molecule has 2 rings (SSSR count). The maximum absolute atomic E-state index is 12.3. The Balaban J connectivity index is 2.12. The van der Waals surface area contributed by atoms with Gasteiger partial charge in [-0.25, -0.2) is 0 Å². The van der Waals surface area contributed by atoms with E-state index in [1.165, 1.54) is 0 Å². The zero-order valence-electron chi connectivity index (χ0n) is 13.5. The first-order valence-corrected chi connectivity index (χ1v) is 7.65. The number of carbonyl (C=O) groups is 1. The highest BCUT2D eigenvalue weighted by molar-refractivity contribution is 5.98. The third-order valence-electron chi connectivity index (χ3n) is 3.60. The van der Waals surface area contributed by atoms with Gasteiger partial charge in [0.15, 0.2) is 5.78 Å². The van der Waals surface area contributed by atoms with Crippen LogP contribution in [0.25, 0.3) is 6.08 Å². The molecule has 0 unspecified atom stereocenters. The van der Waals surface area contributed by atoms with Crippen LogP contribution in [0.4, 0.5) is 0 Å². The second-order valence-electron chi connectivity index (χ2n) is 5.28. The Morgan fingerprint density at radius 1 is 1.30 bits per heavy atom. The summed E-state index contributed by atoms with van der Waals surface area (Å²) in [6, 6.07) is 7.79. The molecule has 0 saturated heterocycles. The van der Waals surface area contributed by atoms with Gasteiger partial charge in [-0.3, -0.25) is 9.48 Å². The second kappa shape index (κ2) is 8.13. The molecule has 4 nitrogen and oxygen atoms in total. The molecular formula is C19H22N2O2. The quantitative estimate of drug-likeness (QED) is 0.397. The number of Topliss-reactive ketones (excluding diaryl/α,β-unsaturated/α-hetero) is 1. The van der Waals surface area contributed by atoms with Crippen LogP contribution < -0.4 is 4.74 Å². The molecule has 0 spiro atoms. The predicted molar refractivity (Wildman–Crippen MR) is 92.8 cm³/mol. The molecule has 23 heavy (non-hydrogen) atoms. The fourth-order valence-electron chi connectivity index (χ4n) is 2.34. The predicted octanol–water partition coefficient (Wildman–Crippen LogP) is 4.12. The highest BCUT2D eigenvalue weighted by Crippen LogP contribution is 2.16. The summed E-state index contributed by atoms with van der Waals surface area (Å²) in [5.74, 6) is 0.918. The van der Waals surface area contributed by atoms with Crippen molar-refractivity contribution in [2.75, 3.05) is 7.11 Å². The molecule has 1 aromatic heterocycles. The maximum atomic E-state index is 12.3. The van der Waals surface area contributed by atoms with Crippen LogP contribution in [0.1, 0.15) is 40.9 Å². The molecule has 0 saturated carbocycles. The van der Waals surface area contributed by atoms with Crippen LogP contribution >= 0.6 is 0 Å². The Bertz CT molecular complexity index is 684. The minimum atomic E-state index is 0.0998. The normalized spacial score (nSPS) is 10.3. The van der Waals surface area contributed by atoms with Gasteiger partial charge in [0.1, 0.15) is 5.75 Å². The number of ketones is 1. The van der Waals surface area contributed by atoms with E-state index in [1.807, 2.05) is 30.3 Å². The summed E-state index contributed by atoms with van der Waals surface area (Å²) in [6.45, 7) is 8.03. The molecule has 120 valence electrons. The van der Waals surface area contributed by atoms with Crippen LogP contribution in [0, 0.1) is 0 Å². The monoisotopic (exact) mass is 310 g/mol. The highest BCUT2D eigenvalue weighted by atomic mass is 16.5. The van der Waals surface area contributed by atoms with Crippen molar-refractivity contribution in [3.05, 3.63) is 66.5 Å². The number of carbonyl (C=O) groups excluding carboxylic acids is 1. The molecule has 4 heteroatoms. The number of hydrogen-bond acceptors (Lipinski definition) is 3. The summed E-state index contributed by atoms with van der Waals surface area (Å²) in [6.07, 6.45) is 7.41. The van der Waals surface area contributed by atoms with Crippen LogP contribution in [-0.4, -0.2) is 22.7 Å². The lowest BCUT2D eigenvalue weighted by molar-refractivity contribution is 0.0980. The summed E-state index contributed by atoms with van der Waals surface area (Å²) in [5.41, 5.74) is 2.37. The molecule has 0 radical (unpaired) electrons. The Hall–Kier alpha value is -2.62. The van der Waals surface area contributed by atoms with E-state index in [1.54, 1.807) is 24.1 Å². The van der Waals surface area contributed by atoms with Crippen LogP contribution in [0.15, 0.2) is 49.7 Å². The number of benzene rings is 1. The molecule has 0 bridgehead atoms. The zero-order chi connectivity index (χ0) is 16.7. The van der Waals surface area contributed by atoms with E-state index in [0.717, 1.165) is 24.2 Å². The SMILES string of the molecule is C=CCCCC(=O)c1cn(Cc2ccc(OC)cc2)nc1C=C. The van der Waals surface area contributed by atoms with Gasteiger partial charge < -0.3 is 4.74 Å². The molecule has 0 fully saturated rings. The van der Waals surface area contributed by atoms with Crippen LogP contribution in [-0.2, 0) is 6.54 Å². The maximum Gasteiger partial charge on any atom is 0.166 e. The van der Waals surface area contributed by atoms with Crippen molar-refractivity contribution < 1.29 is 9.53 Å². The summed E-state index contributed by atoms with van der Waals surface area (Å²) in [7, 11) is 1.64. The standard InChI is InChI=1S/C19H22N2O2/c1-4-6-7-8-19(22)17-14-21(20-18(17)5-2)13-15-9-11-16(23-3)12-10-15/h4-5,9-12,14H,1-2,6-8,13H2,3H3. The second-order valence-corrected chi connectivity index (χ2v) is 5.28. The van der Waals surface area contributed by atoms with Gasteiger partial charge in [0.25, 0.3) is 0 Å². The van der Waals surface area contributed by atoms with Crippen molar-refractivity contribution in [1.82, 2.24) is 9.78 Å². The third kappa shape index (κ3) is 4.42. The molecule has 0 atom stereocenters. The fourth-order valence-corrected chi connectivity index (χ4v) is 2.34. The molecule has 0 aliphatic carbocycles. The van der Waals surface area contributed by atoms with E-state index in [-0.39, 0.29) is 5.78 Å². The third-order valence-corrected chi connectivity index (χ3v) is 3.60. The van der Waals surface area contributed by atoms with E-state index < -0.39 is 0 Å². The molecule has 2 aromatic rings. The van der Waals surface area contributed by atoms with Crippen molar-refractivity contribution in [3.63, 3.8) is 0 Å². The van der Waals surface area contributed by atoms with Gasteiger partial charge in [-0.15, -0.1) is 6.58 Å². The highest BCUT2D eigenvalue weighted by Gasteiger charge is 2.14. The lowest BCUT2D eigenvalue weighted by atomic mass is 10.1. The van der Waals surface area contributed by atoms with Gasteiger partial charge >= 0.3 is 0 Å². The topological polar surface area (TPSA) is 44.1 Å². The minimum absolute atomic E-state index is 0.0998. The summed E-state index contributed by atoms with van der Waals surface area (Å²) in [5, 5.41) is 4.44. The molecule has 1 heterocycles. The van der Waals surface area contributed by atoms with E-state index in [4.69, 9.17) is 4.74 Å². The Morgan fingerprint density at radius 2 is 2.04 bits per heavy atom. The minimum Gasteiger partial charge on any atom is -0.497 e. The average Bonchev–Trinajstić information content (AvgIpc) is 2.98. The number of aromatic nitrogens is 2. The lowest BCUT2D eigenvalue weighted by Crippen LogP contribution is -2.01. The van der Waals surface area contributed by atoms with Gasteiger partial charge in [0.05, 0.1) is 24.9 Å². The Morgan fingerprint density at radius 3 is 2.65 bits per heavy atom. The summed E-state index contributed by atoms with van der Waals surface area (Å²) >= 11 is 0. The fraction of sp³-hybridized carbons (Fsp3) is 0.263. The van der Waals surface area contributed by atoms with E-state index in [2.05, 4.69) is 18.3 Å². The first-order chi connectivity index (χ1) is 11.2. The van der Waals surface area contributed by atoms with Gasteiger partial charge in [-0.05, 0) is 36.6 Å². The Labute approximate surface area is 137 Å². The van der Waals surface area contributed by atoms with Gasteiger partial charge in [0, 0.05) is 12.6 Å². The lowest BCUT2D eigenvalue weighted by Gasteiger charge is -2.03. The molecule has 1 aromatic carbocycles.